The molecule has 0 aliphatic heterocycles. The standard InChI is InChI=1S/C8H5F4N3O3/c9-5(10)3-1-4(15(17)18)7(13-2-3)14-8(16)6(11)12/h1-2,5-6H,(H,13,14,16). The molecule has 98 valence electrons. The first-order chi connectivity index (χ1) is 8.32. The summed E-state index contributed by atoms with van der Waals surface area (Å²) in [6.45, 7) is 0. The third kappa shape index (κ3) is 3.12. The number of alkyl halides is 4. The minimum absolute atomic E-state index is 0.457. The minimum atomic E-state index is -3.40. The average Bonchev–Trinajstić information content (AvgIpc) is 2.28. The summed E-state index contributed by atoms with van der Waals surface area (Å²) in [4.78, 5) is 23.2. The molecule has 0 saturated carbocycles. The number of hydrogen-bond donors (Lipinski definition) is 1. The first-order valence-electron chi connectivity index (χ1n) is 4.34. The molecule has 18 heavy (non-hydrogen) atoms. The van der Waals surface area contributed by atoms with Gasteiger partial charge in [0.25, 0.3) is 12.3 Å². The molecule has 0 fully saturated rings. The smallest absolute Gasteiger partial charge is 0.300 e. The van der Waals surface area contributed by atoms with Crippen molar-refractivity contribution in [3.63, 3.8) is 0 Å². The van der Waals surface area contributed by atoms with E-state index in [9.17, 15) is 32.5 Å². The van der Waals surface area contributed by atoms with Crippen molar-refractivity contribution < 1.29 is 27.3 Å². The first kappa shape index (κ1) is 13.8. The van der Waals surface area contributed by atoms with Gasteiger partial charge in [0.1, 0.15) is 0 Å². The summed E-state index contributed by atoms with van der Waals surface area (Å²) in [5.74, 6) is -2.62. The van der Waals surface area contributed by atoms with Gasteiger partial charge in [0.05, 0.1) is 4.92 Å². The Hall–Kier alpha value is -2.26. The summed E-state index contributed by atoms with van der Waals surface area (Å²) in [5.41, 5.74) is -1.74. The van der Waals surface area contributed by atoms with Crippen LogP contribution in [0.3, 0.4) is 0 Å². The lowest BCUT2D eigenvalue weighted by Crippen LogP contribution is -2.21. The lowest BCUT2D eigenvalue weighted by atomic mass is 10.2. The minimum Gasteiger partial charge on any atom is -0.300 e. The molecule has 1 rings (SSSR count). The molecule has 0 saturated heterocycles. The first-order valence-corrected chi connectivity index (χ1v) is 4.34. The van der Waals surface area contributed by atoms with E-state index in [2.05, 4.69) is 4.98 Å². The van der Waals surface area contributed by atoms with Crippen LogP contribution < -0.4 is 5.32 Å². The van der Waals surface area contributed by atoms with Crippen LogP contribution >= 0.6 is 0 Å². The molecule has 1 aromatic heterocycles. The van der Waals surface area contributed by atoms with Gasteiger partial charge in [0.2, 0.25) is 5.82 Å². The van der Waals surface area contributed by atoms with Crippen molar-refractivity contribution in [2.45, 2.75) is 12.9 Å². The van der Waals surface area contributed by atoms with Crippen molar-refractivity contribution in [1.29, 1.82) is 0 Å². The fourth-order valence-corrected chi connectivity index (χ4v) is 0.995. The second kappa shape index (κ2) is 5.38. The summed E-state index contributed by atoms with van der Waals surface area (Å²) in [7, 11) is 0. The number of aromatic nitrogens is 1. The molecule has 0 aliphatic carbocycles. The van der Waals surface area contributed by atoms with Gasteiger partial charge in [0.15, 0.2) is 0 Å². The van der Waals surface area contributed by atoms with E-state index in [1.54, 1.807) is 0 Å². The molecule has 10 heteroatoms. The zero-order valence-corrected chi connectivity index (χ0v) is 8.44. The number of hydrogen-bond acceptors (Lipinski definition) is 4. The summed E-state index contributed by atoms with van der Waals surface area (Å²) in [6, 6.07) is 0.457. The lowest BCUT2D eigenvalue weighted by Gasteiger charge is -2.05. The SMILES string of the molecule is O=C(Nc1ncc(C(F)F)cc1[N+](=O)[O-])C(F)F. The highest BCUT2D eigenvalue weighted by Crippen LogP contribution is 2.27. The number of carbonyl (C=O) groups is 1. The van der Waals surface area contributed by atoms with Crippen molar-refractivity contribution in [3.05, 3.63) is 27.9 Å². The third-order valence-corrected chi connectivity index (χ3v) is 1.78. The van der Waals surface area contributed by atoms with E-state index in [-0.39, 0.29) is 0 Å². The van der Waals surface area contributed by atoms with Gasteiger partial charge < -0.3 is 0 Å². The summed E-state index contributed by atoms with van der Waals surface area (Å²) in [6.07, 6.45) is -5.85. The van der Waals surface area contributed by atoms with Gasteiger partial charge in [-0.05, 0) is 0 Å². The molecule has 1 heterocycles. The van der Waals surface area contributed by atoms with E-state index in [4.69, 9.17) is 0 Å². The maximum Gasteiger partial charge on any atom is 0.315 e. The van der Waals surface area contributed by atoms with Crippen molar-refractivity contribution in [2.75, 3.05) is 5.32 Å². The second-order valence-corrected chi connectivity index (χ2v) is 2.98. The Kier molecular flexibility index (Phi) is 4.13. The van der Waals surface area contributed by atoms with Crippen molar-refractivity contribution in [3.8, 4) is 0 Å². The van der Waals surface area contributed by atoms with E-state index >= 15 is 0 Å². The predicted octanol–water partition coefficient (Wildman–Crippen LogP) is 2.13. The maximum atomic E-state index is 12.3. The normalized spacial score (nSPS) is 10.8. The molecular weight excluding hydrogens is 262 g/mol. The molecule has 1 N–H and O–H groups in total. The number of nitro groups is 1. The van der Waals surface area contributed by atoms with Crippen molar-refractivity contribution in [2.24, 2.45) is 0 Å². The Balaban J connectivity index is 3.12. The van der Waals surface area contributed by atoms with Gasteiger partial charge in [-0.25, -0.2) is 13.8 Å². The number of nitrogens with one attached hydrogen (secondary N) is 1. The zero-order chi connectivity index (χ0) is 13.9. The maximum absolute atomic E-state index is 12.3. The molecule has 6 nitrogen and oxygen atoms in total. The molecule has 0 atom stereocenters. The molecule has 0 unspecified atom stereocenters. The highest BCUT2D eigenvalue weighted by atomic mass is 19.3. The van der Waals surface area contributed by atoms with Crippen molar-refractivity contribution in [1.82, 2.24) is 4.98 Å². The van der Waals surface area contributed by atoms with Crippen LogP contribution in [0.15, 0.2) is 12.3 Å². The van der Waals surface area contributed by atoms with E-state index < -0.39 is 40.8 Å². The quantitative estimate of drug-likeness (QED) is 0.514. The molecular formula is C8H5F4N3O3. The highest BCUT2D eigenvalue weighted by molar-refractivity contribution is 5.94. The molecule has 0 bridgehead atoms. The van der Waals surface area contributed by atoms with Gasteiger partial charge in [-0.1, -0.05) is 0 Å². The Morgan fingerprint density at radius 1 is 1.39 bits per heavy atom. The van der Waals surface area contributed by atoms with Crippen molar-refractivity contribution >= 4 is 17.4 Å². The summed E-state index contributed by atoms with van der Waals surface area (Å²) in [5, 5.41) is 12.0. The molecule has 0 aliphatic rings. The lowest BCUT2D eigenvalue weighted by molar-refractivity contribution is -0.384. The number of carbonyl (C=O) groups excluding carboxylic acids is 1. The Morgan fingerprint density at radius 2 is 2.00 bits per heavy atom. The fourth-order valence-electron chi connectivity index (χ4n) is 0.995. The predicted molar refractivity (Wildman–Crippen MR) is 50.5 cm³/mol. The highest BCUT2D eigenvalue weighted by Gasteiger charge is 2.24. The number of rotatable bonds is 4. The number of nitrogens with zero attached hydrogens (tertiary/aromatic N) is 2. The van der Waals surface area contributed by atoms with Crippen LogP contribution in [0, 0.1) is 10.1 Å². The van der Waals surface area contributed by atoms with Crippen LogP contribution in [-0.4, -0.2) is 22.2 Å². The van der Waals surface area contributed by atoms with Crippen LogP contribution in [-0.2, 0) is 4.79 Å². The van der Waals surface area contributed by atoms with E-state index in [1.165, 1.54) is 5.32 Å². The zero-order valence-electron chi connectivity index (χ0n) is 8.44. The number of amides is 1. The number of pyridine rings is 1. The van der Waals surface area contributed by atoms with Crippen LogP contribution in [0.4, 0.5) is 29.1 Å². The Bertz CT molecular complexity index is 481. The fraction of sp³-hybridized carbons (Fsp3) is 0.250. The topological polar surface area (TPSA) is 85.1 Å². The average molecular weight is 267 g/mol. The number of halogens is 4. The van der Waals surface area contributed by atoms with Gasteiger partial charge >= 0.3 is 12.1 Å². The van der Waals surface area contributed by atoms with Gasteiger partial charge in [0, 0.05) is 17.8 Å². The molecule has 1 aromatic rings. The number of anilines is 1. The van der Waals surface area contributed by atoms with Crippen LogP contribution in [0.5, 0.6) is 0 Å². The summed E-state index contributed by atoms with van der Waals surface area (Å²) >= 11 is 0. The summed E-state index contributed by atoms with van der Waals surface area (Å²) < 4.78 is 48.4. The Morgan fingerprint density at radius 3 is 2.44 bits per heavy atom. The Labute approximate surface area is 96.8 Å². The molecule has 0 spiro atoms. The molecule has 1 amide bonds. The molecule has 0 radical (unpaired) electrons. The largest absolute Gasteiger partial charge is 0.315 e. The van der Waals surface area contributed by atoms with Crippen LogP contribution in [0.2, 0.25) is 0 Å². The van der Waals surface area contributed by atoms with Crippen LogP contribution in [0.25, 0.3) is 0 Å². The molecule has 0 aromatic carbocycles. The van der Waals surface area contributed by atoms with E-state index in [0.29, 0.717) is 12.3 Å². The third-order valence-electron chi connectivity index (χ3n) is 1.78. The van der Waals surface area contributed by atoms with Gasteiger partial charge in [-0.3, -0.25) is 20.2 Å². The van der Waals surface area contributed by atoms with E-state index in [1.807, 2.05) is 0 Å². The second-order valence-electron chi connectivity index (χ2n) is 2.98. The van der Waals surface area contributed by atoms with Crippen LogP contribution in [0.1, 0.15) is 12.0 Å². The van der Waals surface area contributed by atoms with Gasteiger partial charge in [-0.15, -0.1) is 0 Å². The van der Waals surface area contributed by atoms with E-state index in [0.717, 1.165) is 0 Å². The van der Waals surface area contributed by atoms with Gasteiger partial charge in [-0.2, -0.15) is 8.78 Å². The monoisotopic (exact) mass is 267 g/mol.